The summed E-state index contributed by atoms with van der Waals surface area (Å²) in [6.45, 7) is 0. The number of piperidine rings is 1. The molecule has 2 heterocycles. The van der Waals surface area contributed by atoms with Crippen molar-refractivity contribution in [2.45, 2.75) is 43.9 Å². The van der Waals surface area contributed by atoms with E-state index in [1.54, 1.807) is 10.7 Å². The number of halogens is 1. The van der Waals surface area contributed by atoms with Gasteiger partial charge in [-0.05, 0) is 42.9 Å². The number of hydrogen-bond acceptors (Lipinski definition) is 4. The molecule has 1 saturated heterocycles. The highest BCUT2D eigenvalue weighted by Crippen LogP contribution is 2.35. The van der Waals surface area contributed by atoms with Crippen molar-refractivity contribution in [2.24, 2.45) is 18.7 Å². The van der Waals surface area contributed by atoms with Gasteiger partial charge in [0.05, 0.1) is 23.4 Å². The number of nitrogens with one attached hydrogen (secondary N) is 2. The molecule has 1 aliphatic heterocycles. The Hall–Kier alpha value is -2.77. The molecule has 2 aliphatic rings. The van der Waals surface area contributed by atoms with Gasteiger partial charge in [0.2, 0.25) is 5.91 Å². The highest BCUT2D eigenvalue weighted by Gasteiger charge is 2.42. The molecule has 5 rings (SSSR count). The van der Waals surface area contributed by atoms with Crippen molar-refractivity contribution in [3.05, 3.63) is 53.8 Å². The average Bonchev–Trinajstić information content (AvgIpc) is 3.43. The largest absolute Gasteiger partial charge is 0.339 e. The zero-order valence-electron chi connectivity index (χ0n) is 16.9. The fourth-order valence-corrected chi connectivity index (χ4v) is 5.06. The summed E-state index contributed by atoms with van der Waals surface area (Å²) in [6, 6.07) is 13.2. The Kier molecular flexibility index (Phi) is 4.79. The first kappa shape index (κ1) is 19.2. The number of benzene rings is 2. The number of amides is 1. The Morgan fingerprint density at radius 3 is 2.90 bits per heavy atom. The number of aryl methyl sites for hydroxylation is 1. The SMILES string of the molecule is Cn1nc2ccccc2c1-c1ccc(C[C@@H](N)NC(=O)[C@H]2N[C@@H]3CC[C@H]2C3)c(F)c1. The summed E-state index contributed by atoms with van der Waals surface area (Å²) in [5.74, 6) is -0.0134. The van der Waals surface area contributed by atoms with Gasteiger partial charge >= 0.3 is 0 Å². The van der Waals surface area contributed by atoms with Crippen LogP contribution in [-0.4, -0.2) is 33.9 Å². The molecule has 7 heteroatoms. The number of carbonyl (C=O) groups is 1. The number of fused-ring (bicyclic) bond motifs is 3. The average molecular weight is 407 g/mol. The summed E-state index contributed by atoms with van der Waals surface area (Å²) >= 11 is 0. The van der Waals surface area contributed by atoms with Crippen molar-refractivity contribution >= 4 is 16.8 Å². The third-order valence-corrected chi connectivity index (χ3v) is 6.48. The number of rotatable bonds is 5. The molecule has 30 heavy (non-hydrogen) atoms. The molecule has 0 spiro atoms. The molecular weight excluding hydrogens is 381 g/mol. The van der Waals surface area contributed by atoms with E-state index in [9.17, 15) is 9.18 Å². The van der Waals surface area contributed by atoms with Crippen LogP contribution in [0.3, 0.4) is 0 Å². The molecule has 6 nitrogen and oxygen atoms in total. The molecule has 1 aliphatic carbocycles. The van der Waals surface area contributed by atoms with Crippen LogP contribution in [0, 0.1) is 11.7 Å². The van der Waals surface area contributed by atoms with Crippen LogP contribution in [0.1, 0.15) is 24.8 Å². The Morgan fingerprint density at radius 1 is 1.33 bits per heavy atom. The predicted molar refractivity (Wildman–Crippen MR) is 114 cm³/mol. The maximum absolute atomic E-state index is 14.9. The minimum absolute atomic E-state index is 0.0758. The molecule has 0 radical (unpaired) electrons. The molecule has 4 atom stereocenters. The Balaban J connectivity index is 1.30. The molecule has 0 unspecified atom stereocenters. The van der Waals surface area contributed by atoms with Gasteiger partial charge in [0.15, 0.2) is 0 Å². The standard InChI is InChI=1S/C23H26FN5O/c1-29-22(17-4-2-3-5-19(17)28-29)15-7-6-13(18(24)11-15)12-20(25)27-23(30)21-14-8-9-16(10-14)26-21/h2-7,11,14,16,20-21,26H,8-10,12,25H2,1H3,(H,27,30)/t14-,16+,20-,21-/m0/s1. The predicted octanol–water partition coefficient (Wildman–Crippen LogP) is 2.46. The summed E-state index contributed by atoms with van der Waals surface area (Å²) in [7, 11) is 1.86. The Labute approximate surface area is 174 Å². The minimum atomic E-state index is -0.628. The van der Waals surface area contributed by atoms with E-state index in [4.69, 9.17) is 5.73 Å². The van der Waals surface area contributed by atoms with Crippen LogP contribution in [0.15, 0.2) is 42.5 Å². The third kappa shape index (κ3) is 3.38. The topological polar surface area (TPSA) is 85.0 Å². The zero-order chi connectivity index (χ0) is 20.8. The fraction of sp³-hybridized carbons (Fsp3) is 0.391. The highest BCUT2D eigenvalue weighted by molar-refractivity contribution is 5.93. The van der Waals surface area contributed by atoms with Gasteiger partial charge < -0.3 is 16.4 Å². The van der Waals surface area contributed by atoms with E-state index in [0.717, 1.165) is 41.4 Å². The second kappa shape index (κ2) is 7.49. The number of nitrogens with zero attached hydrogens (tertiary/aromatic N) is 2. The van der Waals surface area contributed by atoms with Crippen molar-refractivity contribution < 1.29 is 9.18 Å². The maximum Gasteiger partial charge on any atom is 0.238 e. The van der Waals surface area contributed by atoms with E-state index in [2.05, 4.69) is 15.7 Å². The van der Waals surface area contributed by atoms with E-state index in [1.807, 2.05) is 37.4 Å². The van der Waals surface area contributed by atoms with Gasteiger partial charge in [-0.25, -0.2) is 4.39 Å². The lowest BCUT2D eigenvalue weighted by molar-refractivity contribution is -0.124. The minimum Gasteiger partial charge on any atom is -0.339 e. The van der Waals surface area contributed by atoms with Crippen LogP contribution >= 0.6 is 0 Å². The normalized spacial score (nSPS) is 23.8. The van der Waals surface area contributed by atoms with Crippen LogP contribution < -0.4 is 16.4 Å². The lowest BCUT2D eigenvalue weighted by Crippen LogP contribution is -2.53. The first-order valence-corrected chi connectivity index (χ1v) is 10.5. The molecule has 156 valence electrons. The molecule has 2 bridgehead atoms. The quantitative estimate of drug-likeness (QED) is 0.567. The third-order valence-electron chi connectivity index (χ3n) is 6.48. The van der Waals surface area contributed by atoms with Crippen molar-refractivity contribution in [3.63, 3.8) is 0 Å². The Bertz CT molecular complexity index is 1110. The van der Waals surface area contributed by atoms with E-state index in [-0.39, 0.29) is 24.2 Å². The summed E-state index contributed by atoms with van der Waals surface area (Å²) < 4.78 is 16.7. The van der Waals surface area contributed by atoms with Crippen LogP contribution in [0.25, 0.3) is 22.2 Å². The number of nitrogens with two attached hydrogens (primary N) is 1. The summed E-state index contributed by atoms with van der Waals surface area (Å²) in [4.78, 5) is 12.5. The zero-order valence-corrected chi connectivity index (χ0v) is 16.9. The van der Waals surface area contributed by atoms with E-state index < -0.39 is 6.17 Å². The monoisotopic (exact) mass is 407 g/mol. The van der Waals surface area contributed by atoms with Gasteiger partial charge in [0.1, 0.15) is 5.82 Å². The summed E-state index contributed by atoms with van der Waals surface area (Å²) in [5.41, 5.74) is 9.12. The van der Waals surface area contributed by atoms with Gasteiger partial charge in [-0.1, -0.05) is 30.3 Å². The second-order valence-corrected chi connectivity index (χ2v) is 8.53. The van der Waals surface area contributed by atoms with Crippen molar-refractivity contribution in [1.82, 2.24) is 20.4 Å². The number of carbonyl (C=O) groups excluding carboxylic acids is 1. The molecule has 2 aromatic carbocycles. The lowest BCUT2D eigenvalue weighted by atomic mass is 9.99. The fourth-order valence-electron chi connectivity index (χ4n) is 5.06. The van der Waals surface area contributed by atoms with Gasteiger partial charge in [0, 0.05) is 30.5 Å². The number of aromatic nitrogens is 2. The van der Waals surface area contributed by atoms with Gasteiger partial charge in [-0.2, -0.15) is 5.10 Å². The van der Waals surface area contributed by atoms with Gasteiger partial charge in [0.25, 0.3) is 0 Å². The van der Waals surface area contributed by atoms with Gasteiger partial charge in [-0.3, -0.25) is 9.48 Å². The second-order valence-electron chi connectivity index (χ2n) is 8.53. The van der Waals surface area contributed by atoms with Crippen molar-refractivity contribution in [1.29, 1.82) is 0 Å². The smallest absolute Gasteiger partial charge is 0.238 e. The molecule has 1 saturated carbocycles. The lowest BCUT2D eigenvalue weighted by Gasteiger charge is -2.24. The van der Waals surface area contributed by atoms with Crippen LogP contribution in [0.5, 0.6) is 0 Å². The molecule has 4 N–H and O–H groups in total. The number of hydrogen-bond donors (Lipinski definition) is 3. The molecule has 3 aromatic rings. The van der Waals surface area contributed by atoms with E-state index in [0.29, 0.717) is 17.5 Å². The maximum atomic E-state index is 14.9. The molecule has 1 aromatic heterocycles. The van der Waals surface area contributed by atoms with Crippen LogP contribution in [-0.2, 0) is 18.3 Å². The van der Waals surface area contributed by atoms with E-state index in [1.165, 1.54) is 6.07 Å². The molecule has 2 fully saturated rings. The molecular formula is C23H26FN5O. The van der Waals surface area contributed by atoms with Gasteiger partial charge in [-0.15, -0.1) is 0 Å². The van der Waals surface area contributed by atoms with E-state index >= 15 is 0 Å². The summed E-state index contributed by atoms with van der Waals surface area (Å²) in [5, 5.41) is 11.7. The highest BCUT2D eigenvalue weighted by atomic mass is 19.1. The first-order chi connectivity index (χ1) is 14.5. The molecule has 1 amide bonds. The Morgan fingerprint density at radius 2 is 2.17 bits per heavy atom. The van der Waals surface area contributed by atoms with Crippen LogP contribution in [0.2, 0.25) is 0 Å². The van der Waals surface area contributed by atoms with Crippen molar-refractivity contribution in [3.8, 4) is 11.3 Å². The van der Waals surface area contributed by atoms with Crippen molar-refractivity contribution in [2.75, 3.05) is 0 Å². The van der Waals surface area contributed by atoms with Crippen LogP contribution in [0.4, 0.5) is 4.39 Å². The summed E-state index contributed by atoms with van der Waals surface area (Å²) in [6.07, 6.45) is 2.90. The first-order valence-electron chi connectivity index (χ1n) is 10.5.